The number of hydrogen-bond donors (Lipinski definition) is 1. The first-order chi connectivity index (χ1) is 10.2. The molecule has 4 aliphatic carbocycles. The Bertz CT molecular complexity index is 566. The molecule has 0 atom stereocenters. The van der Waals surface area contributed by atoms with Gasteiger partial charge in [0.15, 0.2) is 0 Å². The maximum absolute atomic E-state index is 13.9. The minimum absolute atomic E-state index is 0.203. The van der Waals surface area contributed by atoms with Gasteiger partial charge in [-0.1, -0.05) is 0 Å². The van der Waals surface area contributed by atoms with Crippen LogP contribution in [0.3, 0.4) is 0 Å². The molecule has 2 nitrogen and oxygen atoms in total. The van der Waals surface area contributed by atoms with E-state index in [1.54, 1.807) is 12.1 Å². The third-order valence-electron chi connectivity index (χ3n) is 5.87. The molecular formula is C18H21FN2. The van der Waals surface area contributed by atoms with Crippen LogP contribution in [0.1, 0.15) is 49.7 Å². The van der Waals surface area contributed by atoms with Crippen LogP contribution < -0.4 is 5.32 Å². The Morgan fingerprint density at radius 2 is 1.76 bits per heavy atom. The molecule has 0 amide bonds. The van der Waals surface area contributed by atoms with E-state index in [0.29, 0.717) is 17.7 Å². The first-order valence-electron chi connectivity index (χ1n) is 8.09. The minimum atomic E-state index is -0.203. The van der Waals surface area contributed by atoms with E-state index >= 15 is 0 Å². The molecule has 0 heterocycles. The lowest BCUT2D eigenvalue weighted by Gasteiger charge is -2.57. The summed E-state index contributed by atoms with van der Waals surface area (Å²) in [6, 6.07) is 6.73. The number of benzene rings is 1. The van der Waals surface area contributed by atoms with Crippen LogP contribution in [0.25, 0.3) is 0 Å². The average Bonchev–Trinajstić information content (AvgIpc) is 2.45. The van der Waals surface area contributed by atoms with Gasteiger partial charge in [-0.05, 0) is 74.5 Å². The van der Waals surface area contributed by atoms with Crippen molar-refractivity contribution in [1.29, 1.82) is 5.26 Å². The molecule has 0 aromatic heterocycles. The summed E-state index contributed by atoms with van der Waals surface area (Å²) < 4.78 is 13.9. The molecule has 4 saturated carbocycles. The van der Waals surface area contributed by atoms with Crippen LogP contribution in [0.2, 0.25) is 0 Å². The van der Waals surface area contributed by atoms with Crippen molar-refractivity contribution in [1.82, 2.24) is 5.32 Å². The fraction of sp³-hybridized carbons (Fsp3) is 0.611. The zero-order chi connectivity index (χ0) is 14.4. The highest BCUT2D eigenvalue weighted by atomic mass is 19.1. The molecule has 0 radical (unpaired) electrons. The fourth-order valence-corrected chi connectivity index (χ4v) is 5.39. The van der Waals surface area contributed by atoms with Crippen molar-refractivity contribution in [3.05, 3.63) is 35.1 Å². The van der Waals surface area contributed by atoms with Gasteiger partial charge in [0, 0.05) is 17.6 Å². The molecule has 21 heavy (non-hydrogen) atoms. The van der Waals surface area contributed by atoms with Crippen LogP contribution in [0.15, 0.2) is 18.2 Å². The maximum Gasteiger partial charge on any atom is 0.127 e. The lowest BCUT2D eigenvalue weighted by molar-refractivity contribution is -0.0207. The van der Waals surface area contributed by atoms with E-state index in [-0.39, 0.29) is 11.4 Å². The van der Waals surface area contributed by atoms with Gasteiger partial charge in [-0.3, -0.25) is 0 Å². The van der Waals surface area contributed by atoms with E-state index in [1.165, 1.54) is 44.6 Å². The Balaban J connectivity index is 1.51. The van der Waals surface area contributed by atoms with E-state index in [0.717, 1.165) is 17.8 Å². The lowest BCUT2D eigenvalue weighted by Crippen LogP contribution is -2.58. The van der Waals surface area contributed by atoms with Crippen LogP contribution >= 0.6 is 0 Å². The third kappa shape index (κ3) is 2.36. The summed E-state index contributed by atoms with van der Waals surface area (Å²) in [5.74, 6) is 2.46. The quantitative estimate of drug-likeness (QED) is 0.917. The van der Waals surface area contributed by atoms with Crippen molar-refractivity contribution in [2.75, 3.05) is 0 Å². The normalized spacial score (nSPS) is 36.7. The van der Waals surface area contributed by atoms with Gasteiger partial charge >= 0.3 is 0 Å². The topological polar surface area (TPSA) is 35.8 Å². The van der Waals surface area contributed by atoms with Gasteiger partial charge in [0.25, 0.3) is 0 Å². The monoisotopic (exact) mass is 284 g/mol. The van der Waals surface area contributed by atoms with Gasteiger partial charge in [-0.25, -0.2) is 4.39 Å². The lowest BCUT2D eigenvalue weighted by atomic mass is 9.53. The Hall–Kier alpha value is -1.40. The SMILES string of the molecule is N#Cc1ccc(F)c(CNC23CC4CC(CC(C4)C2)C3)c1. The summed E-state index contributed by atoms with van der Waals surface area (Å²) in [6.45, 7) is 0.549. The molecule has 5 rings (SSSR count). The Morgan fingerprint density at radius 1 is 1.14 bits per heavy atom. The van der Waals surface area contributed by atoms with Crippen molar-refractivity contribution in [3.8, 4) is 6.07 Å². The summed E-state index contributed by atoms with van der Waals surface area (Å²) in [6.07, 6.45) is 8.04. The second kappa shape index (κ2) is 4.81. The Labute approximate surface area is 125 Å². The van der Waals surface area contributed by atoms with Crippen molar-refractivity contribution >= 4 is 0 Å². The van der Waals surface area contributed by atoms with Crippen LogP contribution in [0.5, 0.6) is 0 Å². The summed E-state index contributed by atoms with van der Waals surface area (Å²) in [7, 11) is 0. The predicted octanol–water partition coefficient (Wildman–Crippen LogP) is 3.76. The minimum Gasteiger partial charge on any atom is -0.307 e. The third-order valence-corrected chi connectivity index (χ3v) is 5.87. The standard InChI is InChI=1S/C18H21FN2/c19-17-2-1-12(10-20)6-16(17)11-21-18-7-13-3-14(8-18)5-15(4-13)9-18/h1-2,6,13-15,21H,3-5,7-9,11H2. The van der Waals surface area contributed by atoms with Crippen LogP contribution in [-0.4, -0.2) is 5.54 Å². The second-order valence-corrected chi connectivity index (χ2v) is 7.47. The fourth-order valence-electron chi connectivity index (χ4n) is 5.39. The Morgan fingerprint density at radius 3 is 2.33 bits per heavy atom. The summed E-state index contributed by atoms with van der Waals surface area (Å²) in [5.41, 5.74) is 1.41. The molecular weight excluding hydrogens is 263 g/mol. The molecule has 4 fully saturated rings. The van der Waals surface area contributed by atoms with Crippen molar-refractivity contribution < 1.29 is 4.39 Å². The first kappa shape index (κ1) is 13.3. The van der Waals surface area contributed by atoms with Gasteiger partial charge in [-0.15, -0.1) is 0 Å². The number of nitrogens with zero attached hydrogens (tertiary/aromatic N) is 1. The van der Waals surface area contributed by atoms with Gasteiger partial charge < -0.3 is 5.32 Å². The molecule has 1 N–H and O–H groups in total. The summed E-state index contributed by atoms with van der Waals surface area (Å²) >= 11 is 0. The van der Waals surface area contributed by atoms with Gasteiger partial charge in [0.05, 0.1) is 11.6 Å². The van der Waals surface area contributed by atoms with Crippen molar-refractivity contribution in [2.24, 2.45) is 17.8 Å². The predicted molar refractivity (Wildman–Crippen MR) is 78.9 cm³/mol. The van der Waals surface area contributed by atoms with E-state index in [9.17, 15) is 4.39 Å². The highest BCUT2D eigenvalue weighted by molar-refractivity contribution is 5.33. The largest absolute Gasteiger partial charge is 0.307 e. The number of halogens is 1. The molecule has 0 unspecified atom stereocenters. The van der Waals surface area contributed by atoms with Gasteiger partial charge in [0.1, 0.15) is 5.82 Å². The van der Waals surface area contributed by atoms with Crippen LogP contribution in [0.4, 0.5) is 4.39 Å². The van der Waals surface area contributed by atoms with Gasteiger partial charge in [0.2, 0.25) is 0 Å². The highest BCUT2D eigenvalue weighted by Crippen LogP contribution is 2.55. The van der Waals surface area contributed by atoms with Gasteiger partial charge in [-0.2, -0.15) is 5.26 Å². The number of nitriles is 1. The highest BCUT2D eigenvalue weighted by Gasteiger charge is 2.50. The van der Waals surface area contributed by atoms with Crippen molar-refractivity contribution in [3.63, 3.8) is 0 Å². The Kier molecular flexibility index (Phi) is 3.04. The second-order valence-electron chi connectivity index (χ2n) is 7.47. The summed E-state index contributed by atoms with van der Waals surface area (Å²) in [5, 5.41) is 12.6. The number of rotatable bonds is 3. The first-order valence-corrected chi connectivity index (χ1v) is 8.09. The molecule has 110 valence electrons. The maximum atomic E-state index is 13.9. The number of nitrogens with one attached hydrogen (secondary N) is 1. The molecule has 3 heteroatoms. The van der Waals surface area contributed by atoms with Crippen molar-refractivity contribution in [2.45, 2.75) is 50.6 Å². The van der Waals surface area contributed by atoms with E-state index in [1.807, 2.05) is 0 Å². The molecule has 0 spiro atoms. The van der Waals surface area contributed by atoms with E-state index in [2.05, 4.69) is 11.4 Å². The van der Waals surface area contributed by atoms with E-state index in [4.69, 9.17) is 5.26 Å². The number of hydrogen-bond acceptors (Lipinski definition) is 2. The molecule has 0 saturated heterocycles. The molecule has 1 aromatic carbocycles. The smallest absolute Gasteiger partial charge is 0.127 e. The van der Waals surface area contributed by atoms with Crippen LogP contribution in [0, 0.1) is 34.9 Å². The molecule has 4 bridgehead atoms. The molecule has 1 aromatic rings. The van der Waals surface area contributed by atoms with E-state index < -0.39 is 0 Å². The summed E-state index contributed by atoms with van der Waals surface area (Å²) in [4.78, 5) is 0. The van der Waals surface area contributed by atoms with Crippen LogP contribution in [-0.2, 0) is 6.54 Å². The zero-order valence-corrected chi connectivity index (χ0v) is 12.2. The average molecular weight is 284 g/mol. The molecule has 4 aliphatic rings. The zero-order valence-electron chi connectivity index (χ0n) is 12.2. The molecule has 0 aliphatic heterocycles.